The van der Waals surface area contributed by atoms with Gasteiger partial charge in [-0.1, -0.05) is 0 Å². The van der Waals surface area contributed by atoms with Crippen LogP contribution in [0.1, 0.15) is 17.5 Å². The topological polar surface area (TPSA) is 46.5 Å². The van der Waals surface area contributed by atoms with Gasteiger partial charge in [0, 0.05) is 23.5 Å². The monoisotopic (exact) mass is 570 g/mol. The Morgan fingerprint density at radius 1 is 1.22 bits per heavy atom. The van der Waals surface area contributed by atoms with Gasteiger partial charge in [-0.05, 0) is 92.6 Å². The molecule has 1 N–H and O–H groups in total. The Morgan fingerprint density at radius 2 is 1.78 bits per heavy atom. The van der Waals surface area contributed by atoms with Crippen molar-refractivity contribution < 1.29 is 14.6 Å². The van der Waals surface area contributed by atoms with Crippen LogP contribution in [0.2, 0.25) is 0 Å². The fraction of sp³-hybridized carbons (Fsp3) is 0.300. The molecule has 0 fully saturated rings. The number of esters is 1. The molecule has 0 aliphatic carbocycles. The molecule has 0 saturated heterocycles. The third kappa shape index (κ3) is 4.02. The molecule has 0 aliphatic rings. The van der Waals surface area contributed by atoms with E-state index in [1.54, 1.807) is 6.07 Å². The molecule has 2 unspecified atom stereocenters. The predicted octanol–water partition coefficient (Wildman–Crippen LogP) is 5.05. The van der Waals surface area contributed by atoms with Gasteiger partial charge in [-0.15, -0.1) is 0 Å². The maximum absolute atomic E-state index is 11.3. The van der Waals surface area contributed by atoms with E-state index in [1.807, 2.05) is 0 Å². The zero-order valence-electron chi connectivity index (χ0n) is 8.89. The molecule has 3 nitrogen and oxygen atoms in total. The molecule has 1 rings (SSSR count). The van der Waals surface area contributed by atoms with Gasteiger partial charge < -0.3 is 9.84 Å². The first-order valence-corrected chi connectivity index (χ1v) is 8.70. The highest BCUT2D eigenvalue weighted by atomic mass is 79.9. The van der Waals surface area contributed by atoms with Crippen LogP contribution < -0.4 is 0 Å². The van der Waals surface area contributed by atoms with Crippen LogP contribution in [0.3, 0.4) is 0 Å². The number of rotatable bonds is 3. The summed E-state index contributed by atoms with van der Waals surface area (Å²) in [7, 11) is 0. The summed E-state index contributed by atoms with van der Waals surface area (Å²) in [5, 5.41) is 8.45. The Labute approximate surface area is 146 Å². The number of alkyl halides is 1. The maximum atomic E-state index is 11.3. The van der Waals surface area contributed by atoms with E-state index in [0.29, 0.717) is 5.56 Å². The van der Waals surface area contributed by atoms with E-state index in [1.165, 1.54) is 6.92 Å². The van der Waals surface area contributed by atoms with Gasteiger partial charge >= 0.3 is 5.97 Å². The summed E-state index contributed by atoms with van der Waals surface area (Å²) < 4.78 is 8.27. The third-order valence-electron chi connectivity index (χ3n) is 1.94. The first kappa shape index (κ1) is 17.1. The van der Waals surface area contributed by atoms with E-state index in [-0.39, 0.29) is 0 Å². The largest absolute Gasteiger partial charge is 0.444 e. The molecule has 0 heterocycles. The summed E-state index contributed by atoms with van der Waals surface area (Å²) in [6, 6.07) is 1.80. The molecule has 0 spiro atoms. The number of aliphatic hydroxyl groups is 1. The van der Waals surface area contributed by atoms with Gasteiger partial charge in [-0.3, -0.25) is 0 Å². The van der Waals surface area contributed by atoms with Crippen LogP contribution in [0.25, 0.3) is 0 Å². The van der Waals surface area contributed by atoms with Crippen LogP contribution in [0.15, 0.2) is 24.0 Å². The molecule has 1 aromatic carbocycles. The number of hydrogen-bond donors (Lipinski definition) is 1. The van der Waals surface area contributed by atoms with Crippen molar-refractivity contribution in [3.63, 3.8) is 0 Å². The van der Waals surface area contributed by atoms with Crippen LogP contribution in [0.5, 0.6) is 0 Å². The van der Waals surface area contributed by atoms with Gasteiger partial charge in [0.25, 0.3) is 0 Å². The average molecular weight is 575 g/mol. The second-order valence-electron chi connectivity index (χ2n) is 3.32. The van der Waals surface area contributed by atoms with E-state index in [0.717, 1.165) is 17.9 Å². The van der Waals surface area contributed by atoms with Crippen molar-refractivity contribution in [3.05, 3.63) is 29.5 Å². The van der Waals surface area contributed by atoms with E-state index >= 15 is 0 Å². The zero-order valence-corrected chi connectivity index (χ0v) is 16.8. The van der Waals surface area contributed by atoms with Crippen molar-refractivity contribution in [3.8, 4) is 0 Å². The van der Waals surface area contributed by atoms with Gasteiger partial charge in [0.15, 0.2) is 5.01 Å². The number of hydrogen-bond acceptors (Lipinski definition) is 3. The van der Waals surface area contributed by atoms with Crippen molar-refractivity contribution >= 4 is 85.6 Å². The highest BCUT2D eigenvalue weighted by Crippen LogP contribution is 2.43. The van der Waals surface area contributed by atoms with Crippen molar-refractivity contribution in [2.24, 2.45) is 0 Å². The van der Waals surface area contributed by atoms with Gasteiger partial charge in [0.05, 0.1) is 0 Å². The van der Waals surface area contributed by atoms with E-state index < -0.39 is 17.1 Å². The van der Waals surface area contributed by atoms with Crippen LogP contribution in [-0.2, 0) is 9.53 Å². The summed E-state index contributed by atoms with van der Waals surface area (Å²) >= 11 is 16.9. The minimum atomic E-state index is -1.16. The number of benzene rings is 1. The molecule has 0 amide bonds. The van der Waals surface area contributed by atoms with Crippen molar-refractivity contribution in [1.29, 1.82) is 0 Å². The van der Waals surface area contributed by atoms with Crippen LogP contribution in [0, 0.1) is 0 Å². The fourth-order valence-electron chi connectivity index (χ4n) is 1.02. The molecule has 8 heteroatoms. The number of halogens is 5. The van der Waals surface area contributed by atoms with Crippen LogP contribution in [0.4, 0.5) is 0 Å². The second-order valence-corrected chi connectivity index (χ2v) is 7.38. The molecule has 0 radical (unpaired) electrons. The number of carbonyl (C=O) groups excluding carboxylic acids is 1. The predicted molar refractivity (Wildman–Crippen MR) is 86.7 cm³/mol. The van der Waals surface area contributed by atoms with Gasteiger partial charge in [-0.25, -0.2) is 4.79 Å². The van der Waals surface area contributed by atoms with E-state index in [2.05, 4.69) is 79.6 Å². The lowest BCUT2D eigenvalue weighted by molar-refractivity contribution is -0.154. The molecule has 0 saturated carbocycles. The molecule has 0 aliphatic heterocycles. The average Bonchev–Trinajstić information content (AvgIpc) is 2.30. The minimum Gasteiger partial charge on any atom is -0.444 e. The Hall–Kier alpha value is 1.05. The lowest BCUT2D eigenvalue weighted by Crippen LogP contribution is -2.20. The summed E-state index contributed by atoms with van der Waals surface area (Å²) in [5.74, 6) is -0.695. The number of carbonyl (C=O) groups is 1. The minimum absolute atomic E-state index is 0.658. The summed E-state index contributed by atoms with van der Waals surface area (Å²) in [4.78, 5) is 11.3. The standard InChI is InChI=1S/C10H7Br5O3/c1-3(16)10(17)18-9(15)4-2-5(11)7(13)8(14)6(4)12/h2-3,9,16H,1H3. The molecule has 0 bridgehead atoms. The van der Waals surface area contributed by atoms with E-state index in [9.17, 15) is 4.79 Å². The first-order chi connectivity index (χ1) is 8.25. The Balaban J connectivity index is 3.07. The van der Waals surface area contributed by atoms with Gasteiger partial charge in [-0.2, -0.15) is 0 Å². The van der Waals surface area contributed by atoms with Crippen LogP contribution in [-0.4, -0.2) is 17.2 Å². The lowest BCUT2D eigenvalue weighted by atomic mass is 10.2. The van der Waals surface area contributed by atoms with Crippen molar-refractivity contribution in [2.45, 2.75) is 18.0 Å². The fourth-order valence-corrected chi connectivity index (χ4v) is 4.13. The molecular weight excluding hydrogens is 568 g/mol. The van der Waals surface area contributed by atoms with Crippen molar-refractivity contribution in [2.75, 3.05) is 0 Å². The molecule has 18 heavy (non-hydrogen) atoms. The van der Waals surface area contributed by atoms with Gasteiger partial charge in [0.1, 0.15) is 6.10 Å². The van der Waals surface area contributed by atoms with E-state index in [4.69, 9.17) is 9.84 Å². The molecular formula is C10H7Br5O3. The third-order valence-corrected chi connectivity index (χ3v) is 7.31. The lowest BCUT2D eigenvalue weighted by Gasteiger charge is -2.16. The highest BCUT2D eigenvalue weighted by Gasteiger charge is 2.22. The Bertz CT molecular complexity index is 475. The second kappa shape index (κ2) is 7.17. The molecule has 0 aromatic heterocycles. The summed E-state index contributed by atoms with van der Waals surface area (Å²) in [6.45, 7) is 1.35. The normalized spacial score (nSPS) is 14.2. The number of ether oxygens (including phenoxy) is 1. The summed E-state index contributed by atoms with van der Waals surface area (Å²) in [5.41, 5.74) is 0.714. The highest BCUT2D eigenvalue weighted by molar-refractivity contribution is 9.15. The van der Waals surface area contributed by atoms with Gasteiger partial charge in [0.2, 0.25) is 0 Å². The first-order valence-electron chi connectivity index (χ1n) is 4.61. The number of aliphatic hydroxyl groups excluding tert-OH is 1. The molecule has 100 valence electrons. The molecule has 2 atom stereocenters. The SMILES string of the molecule is CC(O)C(=O)OC(Br)c1cc(Br)c(Br)c(Br)c1Br. The quantitative estimate of drug-likeness (QED) is 0.238. The zero-order chi connectivity index (χ0) is 14.0. The molecule has 1 aromatic rings. The van der Waals surface area contributed by atoms with Crippen molar-refractivity contribution in [1.82, 2.24) is 0 Å². The Kier molecular flexibility index (Phi) is 6.81. The Morgan fingerprint density at radius 3 is 2.28 bits per heavy atom. The smallest absolute Gasteiger partial charge is 0.336 e. The van der Waals surface area contributed by atoms with Crippen LogP contribution >= 0.6 is 79.6 Å². The maximum Gasteiger partial charge on any atom is 0.336 e. The summed E-state index contributed by atoms with van der Waals surface area (Å²) in [6.07, 6.45) is -1.16.